The van der Waals surface area contributed by atoms with Gasteiger partial charge in [0.2, 0.25) is 5.88 Å². The van der Waals surface area contributed by atoms with E-state index < -0.39 is 17.8 Å². The molecule has 6 rings (SSSR count). The summed E-state index contributed by atoms with van der Waals surface area (Å²) in [5.74, 6) is -0.707. The molecule has 5 aromatic carbocycles. The molecule has 0 amide bonds. The SMILES string of the molecule is COc1cc(C2C(C#N)=C(N)Oc3cc(OC(=O)C(c4ccccc4)c4ccccc4)ccc32)ccc1OCc1ccccc1F. The second-order valence-electron chi connectivity index (χ2n) is 10.6. The van der Waals surface area contributed by atoms with Crippen LogP contribution in [0.1, 0.15) is 39.7 Å². The topological polar surface area (TPSA) is 104 Å². The molecule has 0 saturated carbocycles. The van der Waals surface area contributed by atoms with Gasteiger partial charge < -0.3 is 24.7 Å². The summed E-state index contributed by atoms with van der Waals surface area (Å²) in [6.45, 7) is 0.00960. The van der Waals surface area contributed by atoms with Crippen molar-refractivity contribution in [3.05, 3.63) is 166 Å². The minimum absolute atomic E-state index is 0.00960. The van der Waals surface area contributed by atoms with Crippen LogP contribution in [-0.4, -0.2) is 13.1 Å². The number of fused-ring (bicyclic) bond motifs is 1. The van der Waals surface area contributed by atoms with Crippen LogP contribution in [0.5, 0.6) is 23.0 Å². The quantitative estimate of drug-likeness (QED) is 0.137. The van der Waals surface area contributed by atoms with E-state index in [2.05, 4.69) is 6.07 Å². The van der Waals surface area contributed by atoms with Crippen molar-refractivity contribution in [3.63, 3.8) is 0 Å². The second-order valence-corrected chi connectivity index (χ2v) is 10.6. The summed E-state index contributed by atoms with van der Waals surface area (Å²) in [4.78, 5) is 13.6. The first-order valence-corrected chi connectivity index (χ1v) is 14.5. The fraction of sp³-hybridized carbons (Fsp3) is 0.105. The number of rotatable bonds is 9. The summed E-state index contributed by atoms with van der Waals surface area (Å²) in [6.07, 6.45) is 0. The highest BCUT2D eigenvalue weighted by Gasteiger charge is 2.32. The van der Waals surface area contributed by atoms with Gasteiger partial charge in [0.25, 0.3) is 0 Å². The first-order chi connectivity index (χ1) is 22.5. The maximum atomic E-state index is 14.1. The number of nitrogens with two attached hydrogens (primary N) is 1. The average molecular weight is 613 g/mol. The van der Waals surface area contributed by atoms with Gasteiger partial charge in [0.1, 0.15) is 41.5 Å². The van der Waals surface area contributed by atoms with Crippen molar-refractivity contribution < 1.29 is 28.1 Å². The number of ether oxygens (including phenoxy) is 4. The predicted molar refractivity (Wildman–Crippen MR) is 170 cm³/mol. The molecule has 46 heavy (non-hydrogen) atoms. The largest absolute Gasteiger partial charge is 0.493 e. The van der Waals surface area contributed by atoms with Gasteiger partial charge in [0.05, 0.1) is 13.0 Å². The number of carbonyl (C=O) groups is 1. The zero-order valence-corrected chi connectivity index (χ0v) is 24.9. The lowest BCUT2D eigenvalue weighted by atomic mass is 9.83. The minimum atomic E-state index is -0.645. The summed E-state index contributed by atoms with van der Waals surface area (Å²) in [5.41, 5.74) is 9.81. The van der Waals surface area contributed by atoms with Crippen LogP contribution in [0.3, 0.4) is 0 Å². The van der Waals surface area contributed by atoms with Crippen molar-refractivity contribution >= 4 is 5.97 Å². The molecule has 0 aliphatic carbocycles. The molecular weight excluding hydrogens is 583 g/mol. The molecule has 1 unspecified atom stereocenters. The van der Waals surface area contributed by atoms with Crippen LogP contribution in [0.25, 0.3) is 0 Å². The Balaban J connectivity index is 1.29. The monoisotopic (exact) mass is 612 g/mol. The Morgan fingerprint density at radius 1 is 0.891 bits per heavy atom. The first kappa shape index (κ1) is 30.0. The second kappa shape index (κ2) is 13.3. The van der Waals surface area contributed by atoms with Gasteiger partial charge >= 0.3 is 5.97 Å². The molecule has 0 saturated heterocycles. The van der Waals surface area contributed by atoms with Crippen molar-refractivity contribution in [1.29, 1.82) is 5.26 Å². The molecule has 0 spiro atoms. The standard InChI is InChI=1S/C38H29FN2O5/c1-43-34-20-26(16-19-32(34)44-23-27-14-8-9-15-31(27)39)36-29-18-17-28(21-33(29)46-37(41)30(36)22-40)45-38(42)35(24-10-4-2-5-11-24)25-12-6-3-7-13-25/h2-21,35-36H,23,41H2,1H3. The molecule has 1 aliphatic rings. The Bertz CT molecular complexity index is 1910. The van der Waals surface area contributed by atoms with Crippen molar-refractivity contribution in [1.82, 2.24) is 0 Å². The highest BCUT2D eigenvalue weighted by Crippen LogP contribution is 2.45. The van der Waals surface area contributed by atoms with E-state index in [-0.39, 0.29) is 29.6 Å². The average Bonchev–Trinajstić information content (AvgIpc) is 3.08. The molecule has 5 aromatic rings. The van der Waals surface area contributed by atoms with Crippen LogP contribution in [-0.2, 0) is 11.4 Å². The first-order valence-electron chi connectivity index (χ1n) is 14.5. The lowest BCUT2D eigenvalue weighted by Crippen LogP contribution is -2.22. The van der Waals surface area contributed by atoms with Crippen LogP contribution in [0.4, 0.5) is 4.39 Å². The normalized spacial score (nSPS) is 13.7. The number of hydrogen-bond donors (Lipinski definition) is 1. The summed E-state index contributed by atoms with van der Waals surface area (Å²) >= 11 is 0. The van der Waals surface area contributed by atoms with E-state index in [1.54, 1.807) is 54.6 Å². The zero-order valence-electron chi connectivity index (χ0n) is 24.9. The predicted octanol–water partition coefficient (Wildman–Crippen LogP) is 7.37. The zero-order chi connectivity index (χ0) is 32.0. The van der Waals surface area contributed by atoms with E-state index in [1.807, 2.05) is 60.7 Å². The van der Waals surface area contributed by atoms with Gasteiger partial charge in [-0.1, -0.05) is 91.0 Å². The van der Waals surface area contributed by atoms with Crippen LogP contribution in [0.15, 0.2) is 133 Å². The summed E-state index contributed by atoms with van der Waals surface area (Å²) < 4.78 is 37.4. The van der Waals surface area contributed by atoms with Crippen LogP contribution in [0, 0.1) is 17.1 Å². The van der Waals surface area contributed by atoms with Gasteiger partial charge in [-0.2, -0.15) is 5.26 Å². The van der Waals surface area contributed by atoms with E-state index in [1.165, 1.54) is 13.2 Å². The lowest BCUT2D eigenvalue weighted by molar-refractivity contribution is -0.135. The lowest BCUT2D eigenvalue weighted by Gasteiger charge is -2.27. The minimum Gasteiger partial charge on any atom is -0.493 e. The van der Waals surface area contributed by atoms with E-state index in [0.717, 1.165) is 11.1 Å². The number of hydrogen-bond acceptors (Lipinski definition) is 7. The van der Waals surface area contributed by atoms with Crippen LogP contribution < -0.4 is 24.7 Å². The molecule has 1 aliphatic heterocycles. The molecule has 0 bridgehead atoms. The molecule has 1 atom stereocenters. The number of nitriles is 1. The van der Waals surface area contributed by atoms with Crippen molar-refractivity contribution in [2.24, 2.45) is 5.73 Å². The third kappa shape index (κ3) is 6.12. The van der Waals surface area contributed by atoms with Gasteiger partial charge in [-0.05, 0) is 41.0 Å². The Morgan fingerprint density at radius 3 is 2.22 bits per heavy atom. The van der Waals surface area contributed by atoms with Crippen LogP contribution >= 0.6 is 0 Å². The Morgan fingerprint density at radius 2 is 1.57 bits per heavy atom. The molecular formula is C38H29FN2O5. The Kier molecular flexibility index (Phi) is 8.66. The highest BCUT2D eigenvalue weighted by atomic mass is 19.1. The van der Waals surface area contributed by atoms with Gasteiger partial charge in [0, 0.05) is 17.2 Å². The molecule has 0 radical (unpaired) electrons. The third-order valence-electron chi connectivity index (χ3n) is 7.77. The third-order valence-corrected chi connectivity index (χ3v) is 7.77. The molecule has 228 valence electrons. The van der Waals surface area contributed by atoms with Crippen molar-refractivity contribution in [2.45, 2.75) is 18.4 Å². The molecule has 1 heterocycles. The molecule has 0 fully saturated rings. The molecule has 0 aromatic heterocycles. The summed E-state index contributed by atoms with van der Waals surface area (Å²) in [6, 6.07) is 37.7. The number of halogens is 1. The number of methoxy groups -OCH3 is 1. The number of allylic oxidation sites excluding steroid dienone is 1. The highest BCUT2D eigenvalue weighted by molar-refractivity contribution is 5.84. The maximum Gasteiger partial charge on any atom is 0.323 e. The number of carbonyl (C=O) groups excluding carboxylic acids is 1. The van der Waals surface area contributed by atoms with E-state index in [9.17, 15) is 14.4 Å². The van der Waals surface area contributed by atoms with Crippen molar-refractivity contribution in [3.8, 4) is 29.1 Å². The number of esters is 1. The maximum absolute atomic E-state index is 14.1. The van der Waals surface area contributed by atoms with E-state index in [0.29, 0.717) is 33.9 Å². The fourth-order valence-corrected chi connectivity index (χ4v) is 5.53. The Labute approximate surface area is 265 Å². The molecule has 7 nitrogen and oxygen atoms in total. The van der Waals surface area contributed by atoms with Crippen LogP contribution in [0.2, 0.25) is 0 Å². The summed E-state index contributed by atoms with van der Waals surface area (Å²) in [7, 11) is 1.50. The van der Waals surface area contributed by atoms with E-state index in [4.69, 9.17) is 24.7 Å². The number of benzene rings is 5. The molecule has 8 heteroatoms. The number of nitrogens with zero attached hydrogens (tertiary/aromatic N) is 1. The van der Waals surface area contributed by atoms with Gasteiger partial charge in [0.15, 0.2) is 11.5 Å². The van der Waals surface area contributed by atoms with Crippen molar-refractivity contribution in [2.75, 3.05) is 7.11 Å². The smallest absolute Gasteiger partial charge is 0.323 e. The fourth-order valence-electron chi connectivity index (χ4n) is 5.53. The van der Waals surface area contributed by atoms with Gasteiger partial charge in [-0.25, -0.2) is 4.39 Å². The van der Waals surface area contributed by atoms with Gasteiger partial charge in [-0.3, -0.25) is 4.79 Å². The Hall–Kier alpha value is -6.07. The molecule has 2 N–H and O–H groups in total. The van der Waals surface area contributed by atoms with E-state index >= 15 is 0 Å². The summed E-state index contributed by atoms with van der Waals surface area (Å²) in [5, 5.41) is 10.1. The van der Waals surface area contributed by atoms with Gasteiger partial charge in [-0.15, -0.1) is 0 Å².